The molecule has 7 heavy (non-hydrogen) atoms. The van der Waals surface area contributed by atoms with Gasteiger partial charge in [0.1, 0.15) is 12.0 Å². The van der Waals surface area contributed by atoms with Gasteiger partial charge in [-0.05, 0) is 6.92 Å². The molecule has 0 amide bonds. The molecule has 0 unspecified atom stereocenters. The Balaban J connectivity index is 3.04. The Morgan fingerprint density at radius 1 is 1.57 bits per heavy atom. The van der Waals surface area contributed by atoms with Crippen LogP contribution >= 0.6 is 0 Å². The molecule has 0 N–H and O–H groups in total. The number of hydrogen-bond donors (Lipinski definition) is 0. The van der Waals surface area contributed by atoms with Crippen molar-refractivity contribution < 1.29 is 4.42 Å². The van der Waals surface area contributed by atoms with Gasteiger partial charge in [-0.1, -0.05) is 0 Å². The molecule has 0 saturated heterocycles. The van der Waals surface area contributed by atoms with Gasteiger partial charge in [-0.2, -0.15) is 0 Å². The van der Waals surface area contributed by atoms with Crippen LogP contribution in [-0.4, -0.2) is 4.98 Å². The minimum Gasteiger partial charge on any atom is -0.446 e. The van der Waals surface area contributed by atoms with Crippen LogP contribution < -0.4 is 0 Å². The van der Waals surface area contributed by atoms with E-state index in [9.17, 15) is 0 Å². The van der Waals surface area contributed by atoms with Gasteiger partial charge in [-0.3, -0.25) is 0 Å². The van der Waals surface area contributed by atoms with E-state index in [0.29, 0.717) is 5.89 Å². The van der Waals surface area contributed by atoms with Crippen LogP contribution in [0.25, 0.3) is 0 Å². The summed E-state index contributed by atoms with van der Waals surface area (Å²) in [5.74, 6) is 1.43. The van der Waals surface area contributed by atoms with Crippen LogP contribution in [0.3, 0.4) is 0 Å². The zero-order valence-corrected chi connectivity index (χ0v) is 4.36. The summed E-state index contributed by atoms with van der Waals surface area (Å²) in [4.78, 5) is 3.72. The van der Waals surface area contributed by atoms with Crippen LogP contribution in [-0.2, 0) is 0 Å². The molecule has 1 aromatic heterocycles. The van der Waals surface area contributed by atoms with Crippen molar-refractivity contribution in [3.63, 3.8) is 0 Å². The van der Waals surface area contributed by atoms with Crippen molar-refractivity contribution in [1.29, 1.82) is 0 Å². The largest absolute Gasteiger partial charge is 0.446 e. The summed E-state index contributed by atoms with van der Waals surface area (Å²) in [6, 6.07) is 0. The predicted molar refractivity (Wildman–Crippen MR) is 24.8 cm³/mol. The third-order valence-electron chi connectivity index (χ3n) is 0.672. The number of aryl methyl sites for hydroxylation is 2. The Morgan fingerprint density at radius 2 is 2.29 bits per heavy atom. The summed E-state index contributed by atoms with van der Waals surface area (Å²) in [6.07, 6.45) is 2.65. The molecule has 0 aromatic carbocycles. The van der Waals surface area contributed by atoms with Gasteiger partial charge in [0.25, 0.3) is 0 Å². The first-order valence-electron chi connectivity index (χ1n) is 2.11. The van der Waals surface area contributed by atoms with Crippen LogP contribution in [0.2, 0.25) is 0 Å². The molecule has 1 rings (SSSR count). The molecule has 1 radical (unpaired) electrons. The van der Waals surface area contributed by atoms with E-state index in [0.717, 1.165) is 5.76 Å². The monoisotopic (exact) mass is 96.0 g/mol. The zero-order chi connectivity index (χ0) is 5.28. The number of oxazole rings is 1. The number of aromatic nitrogens is 1. The van der Waals surface area contributed by atoms with Crippen LogP contribution in [0.5, 0.6) is 0 Å². The molecule has 0 aliphatic carbocycles. The molecule has 0 spiro atoms. The molecule has 2 heteroatoms. The van der Waals surface area contributed by atoms with E-state index in [1.807, 2.05) is 6.92 Å². The number of hydrogen-bond acceptors (Lipinski definition) is 2. The molecule has 2 nitrogen and oxygen atoms in total. The third kappa shape index (κ3) is 0.796. The molecule has 0 bridgehead atoms. The standard InChI is InChI=1S/C5H6NO/c1-4-3-6-5(2)7-4/h1-2H3. The van der Waals surface area contributed by atoms with Crippen molar-refractivity contribution in [3.05, 3.63) is 17.8 Å². The van der Waals surface area contributed by atoms with E-state index in [1.54, 1.807) is 6.92 Å². The summed E-state index contributed by atoms with van der Waals surface area (Å²) >= 11 is 0. The van der Waals surface area contributed by atoms with Crippen molar-refractivity contribution in [2.45, 2.75) is 13.8 Å². The lowest BCUT2D eigenvalue weighted by atomic mass is 10.6. The van der Waals surface area contributed by atoms with Crippen molar-refractivity contribution >= 4 is 0 Å². The van der Waals surface area contributed by atoms with Crippen molar-refractivity contribution in [2.75, 3.05) is 0 Å². The molecule has 37 valence electrons. The van der Waals surface area contributed by atoms with Crippen molar-refractivity contribution in [3.8, 4) is 0 Å². The molecular formula is C5H6NO. The molecular weight excluding hydrogens is 90.1 g/mol. The molecule has 1 heterocycles. The topological polar surface area (TPSA) is 26.0 Å². The summed E-state index contributed by atoms with van der Waals surface area (Å²) in [7, 11) is 0. The Bertz CT molecular complexity index is 140. The first-order chi connectivity index (χ1) is 3.29. The fourth-order valence-electron chi connectivity index (χ4n) is 0.425. The average molecular weight is 96.1 g/mol. The van der Waals surface area contributed by atoms with E-state index < -0.39 is 0 Å². The van der Waals surface area contributed by atoms with E-state index >= 15 is 0 Å². The second-order valence-electron chi connectivity index (χ2n) is 1.40. The van der Waals surface area contributed by atoms with Crippen LogP contribution in [0.1, 0.15) is 11.7 Å². The maximum atomic E-state index is 4.92. The Kier molecular flexibility index (Phi) is 0.855. The first-order valence-corrected chi connectivity index (χ1v) is 2.11. The highest BCUT2D eigenvalue weighted by atomic mass is 16.3. The maximum Gasteiger partial charge on any atom is 0.191 e. The summed E-state index contributed by atoms with van der Waals surface area (Å²) < 4.78 is 4.92. The molecule has 1 aromatic rings. The maximum absolute atomic E-state index is 4.92. The van der Waals surface area contributed by atoms with Gasteiger partial charge < -0.3 is 4.42 Å². The van der Waals surface area contributed by atoms with Crippen LogP contribution in [0, 0.1) is 20.0 Å². The smallest absolute Gasteiger partial charge is 0.191 e. The lowest BCUT2D eigenvalue weighted by molar-refractivity contribution is 0.494. The fraction of sp³-hybridized carbons (Fsp3) is 0.400. The predicted octanol–water partition coefficient (Wildman–Crippen LogP) is 1.09. The van der Waals surface area contributed by atoms with Gasteiger partial charge >= 0.3 is 0 Å². The van der Waals surface area contributed by atoms with Crippen LogP contribution in [0.15, 0.2) is 4.42 Å². The van der Waals surface area contributed by atoms with Gasteiger partial charge in [-0.15, -0.1) is 0 Å². The van der Waals surface area contributed by atoms with Gasteiger partial charge in [0, 0.05) is 6.92 Å². The summed E-state index contributed by atoms with van der Waals surface area (Å²) in [6.45, 7) is 3.61. The third-order valence-corrected chi connectivity index (χ3v) is 0.672. The van der Waals surface area contributed by atoms with E-state index in [4.69, 9.17) is 4.42 Å². The van der Waals surface area contributed by atoms with E-state index in [1.165, 1.54) is 0 Å². The minimum absolute atomic E-state index is 0.678. The van der Waals surface area contributed by atoms with Crippen molar-refractivity contribution in [1.82, 2.24) is 4.98 Å². The lowest BCUT2D eigenvalue weighted by Gasteiger charge is -1.73. The Labute approximate surface area is 42.2 Å². The van der Waals surface area contributed by atoms with Gasteiger partial charge in [0.05, 0.1) is 0 Å². The van der Waals surface area contributed by atoms with Gasteiger partial charge in [0.2, 0.25) is 0 Å². The highest BCUT2D eigenvalue weighted by molar-refractivity contribution is 4.85. The molecule has 0 aliphatic rings. The van der Waals surface area contributed by atoms with Gasteiger partial charge in [0.15, 0.2) is 5.89 Å². The first kappa shape index (κ1) is 4.37. The Morgan fingerprint density at radius 3 is 2.43 bits per heavy atom. The summed E-state index contributed by atoms with van der Waals surface area (Å²) in [5, 5.41) is 0. The normalized spacial score (nSPS) is 9.43. The SMILES string of the molecule is Cc1[c]nc(C)o1. The highest BCUT2D eigenvalue weighted by Crippen LogP contribution is 1.96. The molecule has 0 saturated carbocycles. The lowest BCUT2D eigenvalue weighted by Crippen LogP contribution is -1.60. The number of nitrogens with zero attached hydrogens (tertiary/aromatic N) is 1. The second-order valence-corrected chi connectivity index (χ2v) is 1.40. The Hall–Kier alpha value is -0.790. The number of rotatable bonds is 0. The van der Waals surface area contributed by atoms with Crippen molar-refractivity contribution in [2.24, 2.45) is 0 Å². The quantitative estimate of drug-likeness (QED) is 0.483. The minimum atomic E-state index is 0.678. The van der Waals surface area contributed by atoms with E-state index in [2.05, 4.69) is 11.2 Å². The molecule has 0 atom stereocenters. The second kappa shape index (κ2) is 1.37. The highest BCUT2D eigenvalue weighted by Gasteiger charge is 1.88. The van der Waals surface area contributed by atoms with Crippen LogP contribution in [0.4, 0.5) is 0 Å². The average Bonchev–Trinajstić information content (AvgIpc) is 1.87. The van der Waals surface area contributed by atoms with Gasteiger partial charge in [-0.25, -0.2) is 4.98 Å². The molecule has 0 fully saturated rings. The zero-order valence-electron chi connectivity index (χ0n) is 4.36. The fourth-order valence-corrected chi connectivity index (χ4v) is 0.425. The molecule has 0 aliphatic heterocycles. The summed E-state index contributed by atoms with van der Waals surface area (Å²) in [5.41, 5.74) is 0. The van der Waals surface area contributed by atoms with E-state index in [-0.39, 0.29) is 0 Å².